The molecule has 0 spiro atoms. The lowest BCUT2D eigenvalue weighted by Crippen LogP contribution is -2.07. The zero-order chi connectivity index (χ0) is 10.1. The standard InChI is InChI=1S/C7H9NO3S2/c1-5(9)6-3-4-7(12-6)8-13(2,10)11/h3-4,8H,1-2H3. The summed E-state index contributed by atoms with van der Waals surface area (Å²) in [6, 6.07) is 3.17. The third-order valence-corrected chi connectivity index (χ3v) is 3.06. The predicted octanol–water partition coefficient (Wildman–Crippen LogP) is 1.32. The number of carbonyl (C=O) groups is 1. The third kappa shape index (κ3) is 3.16. The molecule has 0 fully saturated rings. The Kier molecular flexibility index (Phi) is 2.72. The van der Waals surface area contributed by atoms with Gasteiger partial charge in [-0.25, -0.2) is 8.42 Å². The molecule has 1 N–H and O–H groups in total. The van der Waals surface area contributed by atoms with Crippen molar-refractivity contribution in [3.63, 3.8) is 0 Å². The molecule has 1 aromatic heterocycles. The van der Waals surface area contributed by atoms with E-state index in [1.54, 1.807) is 12.1 Å². The minimum Gasteiger partial charge on any atom is -0.294 e. The first-order chi connectivity index (χ1) is 5.88. The van der Waals surface area contributed by atoms with Crippen LogP contribution < -0.4 is 4.72 Å². The van der Waals surface area contributed by atoms with Gasteiger partial charge in [-0.05, 0) is 19.1 Å². The van der Waals surface area contributed by atoms with Crippen LogP contribution in [0.1, 0.15) is 16.6 Å². The lowest BCUT2D eigenvalue weighted by molar-refractivity contribution is 0.102. The number of hydrogen-bond acceptors (Lipinski definition) is 4. The highest BCUT2D eigenvalue weighted by Gasteiger charge is 2.07. The smallest absolute Gasteiger partial charge is 0.230 e. The second kappa shape index (κ2) is 3.47. The number of sulfonamides is 1. The van der Waals surface area contributed by atoms with Crippen LogP contribution in [0.3, 0.4) is 0 Å². The zero-order valence-corrected chi connectivity index (χ0v) is 8.83. The van der Waals surface area contributed by atoms with Crippen LogP contribution in [0.5, 0.6) is 0 Å². The molecule has 1 heterocycles. The Labute approximate surface area is 80.6 Å². The van der Waals surface area contributed by atoms with Gasteiger partial charge < -0.3 is 0 Å². The largest absolute Gasteiger partial charge is 0.294 e. The van der Waals surface area contributed by atoms with Crippen molar-refractivity contribution >= 4 is 32.1 Å². The van der Waals surface area contributed by atoms with Gasteiger partial charge in [-0.1, -0.05) is 0 Å². The molecule has 0 radical (unpaired) electrons. The van der Waals surface area contributed by atoms with Gasteiger partial charge >= 0.3 is 0 Å². The summed E-state index contributed by atoms with van der Waals surface area (Å²) in [4.78, 5) is 11.4. The van der Waals surface area contributed by atoms with Crippen LogP contribution in [-0.2, 0) is 10.0 Å². The zero-order valence-electron chi connectivity index (χ0n) is 7.20. The molecule has 1 rings (SSSR count). The van der Waals surface area contributed by atoms with E-state index in [0.717, 1.165) is 17.6 Å². The van der Waals surface area contributed by atoms with Gasteiger partial charge in [-0.2, -0.15) is 0 Å². The highest BCUT2D eigenvalue weighted by Crippen LogP contribution is 2.22. The van der Waals surface area contributed by atoms with Crippen LogP contribution in [0.2, 0.25) is 0 Å². The molecule has 0 aliphatic rings. The molecule has 0 amide bonds. The Hall–Kier alpha value is -0.880. The number of rotatable bonds is 3. The molecule has 0 aliphatic heterocycles. The van der Waals surface area contributed by atoms with Crippen molar-refractivity contribution in [1.82, 2.24) is 0 Å². The molecule has 0 saturated heterocycles. The topological polar surface area (TPSA) is 63.2 Å². The van der Waals surface area contributed by atoms with Crippen molar-refractivity contribution in [3.05, 3.63) is 17.0 Å². The maximum Gasteiger partial charge on any atom is 0.230 e. The van der Waals surface area contributed by atoms with E-state index in [9.17, 15) is 13.2 Å². The van der Waals surface area contributed by atoms with Gasteiger partial charge in [0.1, 0.15) is 5.00 Å². The number of ketones is 1. The van der Waals surface area contributed by atoms with Crippen LogP contribution in [-0.4, -0.2) is 20.5 Å². The van der Waals surface area contributed by atoms with E-state index in [2.05, 4.69) is 4.72 Å². The number of thiophene rings is 1. The Morgan fingerprint density at radius 2 is 2.08 bits per heavy atom. The highest BCUT2D eigenvalue weighted by molar-refractivity contribution is 7.92. The monoisotopic (exact) mass is 219 g/mol. The summed E-state index contributed by atoms with van der Waals surface area (Å²) >= 11 is 1.13. The molecule has 6 heteroatoms. The van der Waals surface area contributed by atoms with E-state index in [4.69, 9.17) is 0 Å². The van der Waals surface area contributed by atoms with Crippen LogP contribution in [0.15, 0.2) is 12.1 Å². The van der Waals surface area contributed by atoms with E-state index in [1.165, 1.54) is 6.92 Å². The molecule has 0 aliphatic carbocycles. The Bertz CT molecular complexity index is 419. The Morgan fingerprint density at radius 3 is 2.46 bits per heavy atom. The minimum absolute atomic E-state index is 0.0634. The second-order valence-electron chi connectivity index (χ2n) is 2.59. The quantitative estimate of drug-likeness (QED) is 0.780. The summed E-state index contributed by atoms with van der Waals surface area (Å²) in [5.74, 6) is -0.0634. The first-order valence-electron chi connectivity index (χ1n) is 3.47. The van der Waals surface area contributed by atoms with Crippen LogP contribution >= 0.6 is 11.3 Å². The molecular weight excluding hydrogens is 210 g/mol. The SMILES string of the molecule is CC(=O)c1ccc(NS(C)(=O)=O)s1. The Balaban J connectivity index is 2.87. The highest BCUT2D eigenvalue weighted by atomic mass is 32.2. The summed E-state index contributed by atoms with van der Waals surface area (Å²) in [5.41, 5.74) is 0. The first-order valence-corrected chi connectivity index (χ1v) is 6.18. The van der Waals surface area contributed by atoms with Crippen LogP contribution in [0, 0.1) is 0 Å². The summed E-state index contributed by atoms with van der Waals surface area (Å²) in [7, 11) is -3.24. The number of carbonyl (C=O) groups excluding carboxylic acids is 1. The molecule has 0 unspecified atom stereocenters. The van der Waals surface area contributed by atoms with Gasteiger partial charge in [0.05, 0.1) is 11.1 Å². The molecule has 0 saturated carbocycles. The van der Waals surface area contributed by atoms with Gasteiger partial charge in [-0.3, -0.25) is 9.52 Å². The molecule has 0 atom stereocenters. The predicted molar refractivity (Wildman–Crippen MR) is 52.8 cm³/mol. The number of hydrogen-bond donors (Lipinski definition) is 1. The van der Waals surface area contributed by atoms with Crippen molar-refractivity contribution in [1.29, 1.82) is 0 Å². The van der Waals surface area contributed by atoms with Crippen molar-refractivity contribution in [2.75, 3.05) is 11.0 Å². The summed E-state index contributed by atoms with van der Waals surface area (Å²) in [6.07, 6.45) is 1.07. The molecule has 4 nitrogen and oxygen atoms in total. The normalized spacial score (nSPS) is 11.2. The first kappa shape index (κ1) is 10.2. The van der Waals surface area contributed by atoms with E-state index in [1.807, 2.05) is 0 Å². The van der Waals surface area contributed by atoms with E-state index in [0.29, 0.717) is 9.88 Å². The molecule has 0 aromatic carbocycles. The summed E-state index contributed by atoms with van der Waals surface area (Å²) in [6.45, 7) is 1.44. The average Bonchev–Trinajstić information content (AvgIpc) is 2.31. The lowest BCUT2D eigenvalue weighted by atomic mass is 10.4. The molecule has 0 bridgehead atoms. The lowest BCUT2D eigenvalue weighted by Gasteiger charge is -1.97. The van der Waals surface area contributed by atoms with Crippen molar-refractivity contribution < 1.29 is 13.2 Å². The summed E-state index contributed by atoms with van der Waals surface area (Å²) < 4.78 is 23.9. The van der Waals surface area contributed by atoms with E-state index >= 15 is 0 Å². The van der Waals surface area contributed by atoms with Gasteiger partial charge in [0.15, 0.2) is 5.78 Å². The maximum atomic E-state index is 10.9. The second-order valence-corrected chi connectivity index (χ2v) is 5.43. The maximum absolute atomic E-state index is 10.9. The van der Waals surface area contributed by atoms with Crippen LogP contribution in [0.25, 0.3) is 0 Å². The van der Waals surface area contributed by atoms with Crippen molar-refractivity contribution in [2.45, 2.75) is 6.92 Å². The molecular formula is C7H9NO3S2. The van der Waals surface area contributed by atoms with Gasteiger partial charge in [0.2, 0.25) is 10.0 Å². The fraction of sp³-hybridized carbons (Fsp3) is 0.286. The molecule has 1 aromatic rings. The van der Waals surface area contributed by atoms with E-state index < -0.39 is 10.0 Å². The van der Waals surface area contributed by atoms with Crippen LogP contribution in [0.4, 0.5) is 5.00 Å². The Morgan fingerprint density at radius 1 is 1.46 bits per heavy atom. The fourth-order valence-electron chi connectivity index (χ4n) is 0.765. The van der Waals surface area contributed by atoms with Gasteiger partial charge in [0, 0.05) is 0 Å². The fourth-order valence-corrected chi connectivity index (χ4v) is 2.47. The average molecular weight is 219 g/mol. The van der Waals surface area contributed by atoms with Gasteiger partial charge in [-0.15, -0.1) is 11.3 Å². The number of nitrogens with one attached hydrogen (secondary N) is 1. The number of Topliss-reactive ketones (excluding diaryl/α,β-unsaturated/α-hetero) is 1. The summed E-state index contributed by atoms with van der Waals surface area (Å²) in [5, 5.41) is 0.465. The number of anilines is 1. The van der Waals surface area contributed by atoms with E-state index in [-0.39, 0.29) is 5.78 Å². The molecule has 13 heavy (non-hydrogen) atoms. The molecule has 72 valence electrons. The van der Waals surface area contributed by atoms with Gasteiger partial charge in [0.25, 0.3) is 0 Å². The van der Waals surface area contributed by atoms with Crippen molar-refractivity contribution in [3.8, 4) is 0 Å². The van der Waals surface area contributed by atoms with Crippen molar-refractivity contribution in [2.24, 2.45) is 0 Å². The minimum atomic E-state index is -3.24. The third-order valence-electron chi connectivity index (χ3n) is 1.24.